The Morgan fingerprint density at radius 3 is 2.82 bits per heavy atom. The second-order valence-electron chi connectivity index (χ2n) is 3.51. The molecule has 1 rings (SSSR count). The van der Waals surface area contributed by atoms with E-state index in [1.54, 1.807) is 27.1 Å². The van der Waals surface area contributed by atoms with Gasteiger partial charge in [-0.2, -0.15) is 0 Å². The lowest BCUT2D eigenvalue weighted by atomic mass is 10.1. The van der Waals surface area contributed by atoms with Gasteiger partial charge in [-0.05, 0) is 19.1 Å². The molecule has 0 unspecified atom stereocenters. The number of ether oxygens (including phenoxy) is 1. The molecule has 2 N–H and O–H groups in total. The molecule has 0 fully saturated rings. The molecule has 0 saturated heterocycles. The van der Waals surface area contributed by atoms with Crippen molar-refractivity contribution in [2.24, 2.45) is 0 Å². The van der Waals surface area contributed by atoms with E-state index in [-0.39, 0.29) is 5.91 Å². The number of hydrogen-bond donors (Lipinski definition) is 2. The average molecular weight is 255 g/mol. The molecule has 5 heteroatoms. The van der Waals surface area contributed by atoms with Gasteiger partial charge in [0.2, 0.25) is 5.91 Å². The highest BCUT2D eigenvalue weighted by atomic mass is 32.2. The van der Waals surface area contributed by atoms with E-state index in [4.69, 9.17) is 4.74 Å². The summed E-state index contributed by atoms with van der Waals surface area (Å²) in [6.07, 6.45) is -0.627. The van der Waals surface area contributed by atoms with E-state index in [9.17, 15) is 9.90 Å². The second-order valence-corrected chi connectivity index (χ2v) is 4.53. The van der Waals surface area contributed by atoms with Gasteiger partial charge in [0.1, 0.15) is 5.75 Å². The first-order chi connectivity index (χ1) is 8.10. The van der Waals surface area contributed by atoms with Crippen molar-refractivity contribution in [2.45, 2.75) is 17.9 Å². The Morgan fingerprint density at radius 1 is 1.59 bits per heavy atom. The summed E-state index contributed by atoms with van der Waals surface area (Å²) >= 11 is 1.39. The predicted octanol–water partition coefficient (Wildman–Crippen LogP) is 1.59. The third-order valence-electron chi connectivity index (χ3n) is 2.30. The van der Waals surface area contributed by atoms with Gasteiger partial charge < -0.3 is 15.2 Å². The minimum absolute atomic E-state index is 0.0469. The van der Waals surface area contributed by atoms with Crippen LogP contribution in [0.25, 0.3) is 0 Å². The monoisotopic (exact) mass is 255 g/mol. The molecule has 0 saturated carbocycles. The van der Waals surface area contributed by atoms with E-state index >= 15 is 0 Å². The SMILES string of the molecule is CNC(=O)CSc1cccc(OC)c1[C@@H](C)O. The fourth-order valence-corrected chi connectivity index (χ4v) is 2.49. The van der Waals surface area contributed by atoms with E-state index in [0.29, 0.717) is 11.5 Å². The molecule has 0 heterocycles. The Bertz CT molecular complexity index is 393. The number of aliphatic hydroxyl groups excluding tert-OH is 1. The van der Waals surface area contributed by atoms with Crippen molar-refractivity contribution in [3.63, 3.8) is 0 Å². The first-order valence-corrected chi connectivity index (χ1v) is 6.27. The van der Waals surface area contributed by atoms with E-state index in [2.05, 4.69) is 5.32 Å². The molecular weight excluding hydrogens is 238 g/mol. The van der Waals surface area contributed by atoms with Gasteiger partial charge >= 0.3 is 0 Å². The molecule has 0 aliphatic rings. The number of benzene rings is 1. The van der Waals surface area contributed by atoms with Crippen molar-refractivity contribution in [1.29, 1.82) is 0 Å². The lowest BCUT2D eigenvalue weighted by Crippen LogP contribution is -2.19. The normalized spacial score (nSPS) is 12.0. The van der Waals surface area contributed by atoms with E-state index < -0.39 is 6.10 Å². The maximum atomic E-state index is 11.2. The van der Waals surface area contributed by atoms with Crippen molar-refractivity contribution in [2.75, 3.05) is 19.9 Å². The van der Waals surface area contributed by atoms with E-state index in [1.165, 1.54) is 11.8 Å². The highest BCUT2D eigenvalue weighted by molar-refractivity contribution is 8.00. The number of thioether (sulfide) groups is 1. The predicted molar refractivity (Wildman–Crippen MR) is 68.4 cm³/mol. The van der Waals surface area contributed by atoms with Crippen molar-refractivity contribution in [3.05, 3.63) is 23.8 Å². The summed E-state index contributed by atoms with van der Waals surface area (Å²) in [5.41, 5.74) is 0.726. The molecule has 0 spiro atoms. The zero-order valence-corrected chi connectivity index (χ0v) is 11.0. The van der Waals surface area contributed by atoms with Crippen LogP contribution in [0.5, 0.6) is 5.75 Å². The molecule has 1 aromatic carbocycles. The third kappa shape index (κ3) is 3.64. The maximum Gasteiger partial charge on any atom is 0.230 e. The maximum absolute atomic E-state index is 11.2. The molecular formula is C12H17NO3S. The fourth-order valence-electron chi connectivity index (χ4n) is 1.45. The lowest BCUT2D eigenvalue weighted by molar-refractivity contribution is -0.118. The molecule has 0 aliphatic heterocycles. The van der Waals surface area contributed by atoms with E-state index in [1.807, 2.05) is 12.1 Å². The number of rotatable bonds is 5. The molecule has 4 nitrogen and oxygen atoms in total. The first kappa shape index (κ1) is 13.9. The Hall–Kier alpha value is -1.20. The Balaban J connectivity index is 2.94. The van der Waals surface area contributed by atoms with Crippen LogP contribution in [0.3, 0.4) is 0 Å². The van der Waals surface area contributed by atoms with Crippen LogP contribution in [0.15, 0.2) is 23.1 Å². The van der Waals surface area contributed by atoms with Gasteiger partial charge in [-0.15, -0.1) is 11.8 Å². The number of aliphatic hydroxyl groups is 1. The smallest absolute Gasteiger partial charge is 0.230 e. The largest absolute Gasteiger partial charge is 0.496 e. The molecule has 17 heavy (non-hydrogen) atoms. The summed E-state index contributed by atoms with van der Waals surface area (Å²) in [7, 11) is 3.17. The third-order valence-corrected chi connectivity index (χ3v) is 3.37. The summed E-state index contributed by atoms with van der Waals surface area (Å²) in [4.78, 5) is 12.1. The Labute approximate surface area is 105 Å². The zero-order chi connectivity index (χ0) is 12.8. The number of carbonyl (C=O) groups is 1. The van der Waals surface area contributed by atoms with Gasteiger partial charge in [0, 0.05) is 17.5 Å². The molecule has 1 atom stereocenters. The Kier molecular flexibility index (Phi) is 5.31. The number of nitrogens with one attached hydrogen (secondary N) is 1. The minimum Gasteiger partial charge on any atom is -0.496 e. The number of hydrogen-bond acceptors (Lipinski definition) is 4. The topological polar surface area (TPSA) is 58.6 Å². The van der Waals surface area contributed by atoms with Crippen molar-refractivity contribution in [3.8, 4) is 5.75 Å². The van der Waals surface area contributed by atoms with Gasteiger partial charge in [-0.3, -0.25) is 4.79 Å². The van der Waals surface area contributed by atoms with Crippen LogP contribution >= 0.6 is 11.8 Å². The van der Waals surface area contributed by atoms with Crippen LogP contribution in [-0.4, -0.2) is 30.9 Å². The zero-order valence-electron chi connectivity index (χ0n) is 10.2. The van der Waals surface area contributed by atoms with Crippen molar-refractivity contribution in [1.82, 2.24) is 5.32 Å². The van der Waals surface area contributed by atoms with Gasteiger partial charge in [0.15, 0.2) is 0 Å². The van der Waals surface area contributed by atoms with Crippen LogP contribution in [0.2, 0.25) is 0 Å². The second kappa shape index (κ2) is 6.51. The highest BCUT2D eigenvalue weighted by Gasteiger charge is 2.15. The summed E-state index contributed by atoms with van der Waals surface area (Å²) in [5.74, 6) is 0.917. The first-order valence-electron chi connectivity index (χ1n) is 5.28. The van der Waals surface area contributed by atoms with Crippen LogP contribution in [0.4, 0.5) is 0 Å². The number of amides is 1. The fraction of sp³-hybridized carbons (Fsp3) is 0.417. The molecule has 1 amide bonds. The van der Waals surface area contributed by atoms with Gasteiger partial charge in [0.25, 0.3) is 0 Å². The molecule has 0 radical (unpaired) electrons. The van der Waals surface area contributed by atoms with Crippen LogP contribution < -0.4 is 10.1 Å². The van der Waals surface area contributed by atoms with Crippen molar-refractivity contribution < 1.29 is 14.6 Å². The molecule has 0 bridgehead atoms. The standard InChI is InChI=1S/C12H17NO3S/c1-8(14)12-9(16-3)5-4-6-10(12)17-7-11(15)13-2/h4-6,8,14H,7H2,1-3H3,(H,13,15)/t8-/m1/s1. The van der Waals surface area contributed by atoms with Crippen LogP contribution in [0.1, 0.15) is 18.6 Å². The average Bonchev–Trinajstić information content (AvgIpc) is 2.34. The summed E-state index contributed by atoms with van der Waals surface area (Å²) in [5, 5.41) is 12.3. The van der Waals surface area contributed by atoms with E-state index in [0.717, 1.165) is 10.5 Å². The molecule has 0 aliphatic carbocycles. The van der Waals surface area contributed by atoms with Gasteiger partial charge in [0.05, 0.1) is 19.0 Å². The summed E-state index contributed by atoms with van der Waals surface area (Å²) in [6, 6.07) is 5.51. The number of methoxy groups -OCH3 is 1. The van der Waals surface area contributed by atoms with Crippen molar-refractivity contribution >= 4 is 17.7 Å². The van der Waals surface area contributed by atoms with Gasteiger partial charge in [-0.25, -0.2) is 0 Å². The molecule has 1 aromatic rings. The Morgan fingerprint density at radius 2 is 2.29 bits per heavy atom. The van der Waals surface area contributed by atoms with Crippen LogP contribution in [0, 0.1) is 0 Å². The summed E-state index contributed by atoms with van der Waals surface area (Å²) < 4.78 is 5.21. The summed E-state index contributed by atoms with van der Waals surface area (Å²) in [6.45, 7) is 1.68. The molecule has 0 aromatic heterocycles. The quantitative estimate of drug-likeness (QED) is 0.784. The highest BCUT2D eigenvalue weighted by Crippen LogP contribution is 2.34. The molecule has 94 valence electrons. The lowest BCUT2D eigenvalue weighted by Gasteiger charge is -2.15. The minimum atomic E-state index is -0.627. The van der Waals surface area contributed by atoms with Crippen LogP contribution in [-0.2, 0) is 4.79 Å². The number of carbonyl (C=O) groups excluding carboxylic acids is 1. The van der Waals surface area contributed by atoms with Gasteiger partial charge in [-0.1, -0.05) is 6.07 Å².